The Kier molecular flexibility index (Phi) is 8.95. The van der Waals surface area contributed by atoms with Gasteiger partial charge < -0.3 is 4.57 Å². The van der Waals surface area contributed by atoms with E-state index in [0.29, 0.717) is 0 Å². The molecular weight excluding hydrogens is 719 g/mol. The number of hydrogen-bond acceptors (Lipinski definition) is 0. The first-order valence-corrected chi connectivity index (χ1v) is 23.8. The number of aromatic nitrogens is 1. The van der Waals surface area contributed by atoms with Crippen molar-refractivity contribution in [2.75, 3.05) is 0 Å². The van der Waals surface area contributed by atoms with Gasteiger partial charge in [0.2, 0.25) is 0 Å². The van der Waals surface area contributed by atoms with E-state index >= 15 is 0 Å². The van der Waals surface area contributed by atoms with E-state index in [1.54, 1.807) is 0 Å². The van der Waals surface area contributed by atoms with Gasteiger partial charge in [-0.05, 0) is 65.8 Å². The summed E-state index contributed by atoms with van der Waals surface area (Å²) in [6.07, 6.45) is 0. The molecule has 0 saturated carbocycles. The summed E-state index contributed by atoms with van der Waals surface area (Å²) in [5, 5.41) is 13.5. The van der Waals surface area contributed by atoms with Crippen LogP contribution >= 0.6 is 0 Å². The molecule has 0 aliphatic carbocycles. The summed E-state index contributed by atoms with van der Waals surface area (Å²) in [7, 11) is -5.52. The van der Waals surface area contributed by atoms with Crippen LogP contribution in [0.4, 0.5) is 0 Å². The van der Waals surface area contributed by atoms with Crippen molar-refractivity contribution in [1.82, 2.24) is 4.57 Å². The van der Waals surface area contributed by atoms with Crippen LogP contribution in [0, 0.1) is 0 Å². The van der Waals surface area contributed by atoms with Gasteiger partial charge in [-0.3, -0.25) is 0 Å². The van der Waals surface area contributed by atoms with Crippen LogP contribution < -0.4 is 41.5 Å². The lowest BCUT2D eigenvalue weighted by atomic mass is 10.2. The van der Waals surface area contributed by atoms with Crippen molar-refractivity contribution in [3.05, 3.63) is 249 Å². The number of benzene rings is 9. The zero-order valence-corrected chi connectivity index (χ0v) is 33.6. The van der Waals surface area contributed by atoms with Crippen LogP contribution in [0.25, 0.3) is 27.5 Å². The van der Waals surface area contributed by atoms with Gasteiger partial charge in [0.05, 0.1) is 11.0 Å². The highest BCUT2D eigenvalue weighted by atomic mass is 28.3. The zero-order valence-electron chi connectivity index (χ0n) is 31.6. The second-order valence-electron chi connectivity index (χ2n) is 14.8. The highest BCUT2D eigenvalue weighted by Gasteiger charge is 2.44. The fourth-order valence-electron chi connectivity index (χ4n) is 9.47. The highest BCUT2D eigenvalue weighted by molar-refractivity contribution is 7.21. The SMILES string of the molecule is c1ccc([Si](c2ccccc2)(c2ccccc2)c2ccc([Si](c3ccccc3)(c3ccccc3)c3ccc(-n4c5ccccc5c5ccccc54)cc3)cc2)cc1. The summed E-state index contributed by atoms with van der Waals surface area (Å²) < 4.78 is 2.42. The average Bonchev–Trinajstić information content (AvgIpc) is 3.64. The van der Waals surface area contributed by atoms with E-state index < -0.39 is 16.1 Å². The van der Waals surface area contributed by atoms with E-state index in [1.807, 2.05) is 0 Å². The van der Waals surface area contributed by atoms with Gasteiger partial charge in [0.1, 0.15) is 0 Å². The molecule has 0 unspecified atom stereocenters. The molecule has 0 N–H and O–H groups in total. The van der Waals surface area contributed by atoms with Gasteiger partial charge in [-0.2, -0.15) is 0 Å². The quantitative estimate of drug-likeness (QED) is 0.106. The van der Waals surface area contributed by atoms with Gasteiger partial charge in [-0.15, -0.1) is 0 Å². The Hall–Kier alpha value is -6.79. The lowest BCUT2D eigenvalue weighted by Gasteiger charge is -2.37. The van der Waals surface area contributed by atoms with Crippen LogP contribution in [0.3, 0.4) is 0 Å². The minimum absolute atomic E-state index is 1.17. The molecule has 0 fully saturated rings. The van der Waals surface area contributed by atoms with E-state index in [4.69, 9.17) is 0 Å². The summed E-state index contributed by atoms with van der Waals surface area (Å²) in [5.41, 5.74) is 3.61. The Balaban J connectivity index is 1.21. The van der Waals surface area contributed by atoms with Crippen molar-refractivity contribution in [2.45, 2.75) is 0 Å². The Morgan fingerprint density at radius 2 is 0.439 bits per heavy atom. The van der Waals surface area contributed by atoms with Gasteiger partial charge in [0.15, 0.2) is 16.1 Å². The van der Waals surface area contributed by atoms with Gasteiger partial charge in [-0.25, -0.2) is 0 Å². The smallest absolute Gasteiger partial charge is 0.179 e. The summed E-state index contributed by atoms with van der Waals surface area (Å²) in [4.78, 5) is 0. The van der Waals surface area contributed by atoms with E-state index in [1.165, 1.54) is 69.0 Å². The van der Waals surface area contributed by atoms with Crippen molar-refractivity contribution in [3.63, 3.8) is 0 Å². The largest absolute Gasteiger partial charge is 0.309 e. The average molecular weight is 760 g/mol. The number of para-hydroxylation sites is 2. The van der Waals surface area contributed by atoms with E-state index in [-0.39, 0.29) is 0 Å². The predicted octanol–water partition coefficient (Wildman–Crippen LogP) is 7.54. The molecule has 0 saturated heterocycles. The second kappa shape index (κ2) is 14.7. The summed E-state index contributed by atoms with van der Waals surface area (Å²) in [6, 6.07) is 93.0. The fraction of sp³-hybridized carbons (Fsp3) is 0. The van der Waals surface area contributed by atoms with E-state index in [0.717, 1.165) is 0 Å². The number of hydrogen-bond donors (Lipinski definition) is 0. The molecule has 1 aromatic heterocycles. The molecule has 10 rings (SSSR count). The maximum atomic E-state index is 2.47. The van der Waals surface area contributed by atoms with Gasteiger partial charge in [-0.1, -0.05) is 224 Å². The maximum absolute atomic E-state index is 2.83. The molecule has 1 nitrogen and oxygen atoms in total. The molecular formula is C54H41NSi2. The van der Waals surface area contributed by atoms with Crippen molar-refractivity contribution in [1.29, 1.82) is 0 Å². The van der Waals surface area contributed by atoms with Crippen molar-refractivity contribution < 1.29 is 0 Å². The topological polar surface area (TPSA) is 4.93 Å². The molecule has 0 amide bonds. The maximum Gasteiger partial charge on any atom is 0.179 e. The van der Waals surface area contributed by atoms with E-state index in [9.17, 15) is 0 Å². The highest BCUT2D eigenvalue weighted by Crippen LogP contribution is 2.31. The van der Waals surface area contributed by atoms with Crippen LogP contribution in [0.15, 0.2) is 249 Å². The van der Waals surface area contributed by atoms with Gasteiger partial charge >= 0.3 is 0 Å². The third kappa shape index (κ3) is 5.66. The summed E-state index contributed by atoms with van der Waals surface area (Å²) in [5.74, 6) is 0. The number of fused-ring (bicyclic) bond motifs is 3. The normalized spacial score (nSPS) is 11.9. The number of rotatable bonds is 9. The molecule has 0 bridgehead atoms. The molecule has 0 aliphatic heterocycles. The molecule has 0 aliphatic rings. The third-order valence-corrected chi connectivity index (χ3v) is 21.5. The third-order valence-electron chi connectivity index (χ3n) is 11.9. The molecule has 0 atom stereocenters. The fourth-order valence-corrected chi connectivity index (χ4v) is 18.9. The van der Waals surface area contributed by atoms with Crippen LogP contribution in [0.1, 0.15) is 0 Å². The molecule has 1 heterocycles. The summed E-state index contributed by atoms with van der Waals surface area (Å²) >= 11 is 0. The monoisotopic (exact) mass is 759 g/mol. The molecule has 10 aromatic rings. The Labute approximate surface area is 336 Å². The van der Waals surface area contributed by atoms with Crippen LogP contribution in [-0.4, -0.2) is 20.7 Å². The first-order valence-electron chi connectivity index (χ1n) is 19.8. The Morgan fingerprint density at radius 1 is 0.211 bits per heavy atom. The standard InChI is InChI=1S/C54H41NSi2/c1-6-20-43(21-7-1)56(44-22-8-2-9-23-44,45-24-10-3-11-25-45)49-38-40-50(41-39-49)57(46-26-12-4-13-27-46,47-28-14-5-15-29-47)48-36-34-42(35-37-48)55-53-32-18-16-30-51(53)52-31-17-19-33-54(52)55/h1-41H. The molecule has 9 aromatic carbocycles. The summed E-state index contributed by atoms with van der Waals surface area (Å²) in [6.45, 7) is 0. The minimum atomic E-state index is -2.83. The predicted molar refractivity (Wildman–Crippen MR) is 248 cm³/mol. The van der Waals surface area contributed by atoms with Crippen LogP contribution in [0.5, 0.6) is 0 Å². The number of nitrogens with zero attached hydrogens (tertiary/aromatic N) is 1. The second-order valence-corrected chi connectivity index (χ2v) is 22.4. The minimum Gasteiger partial charge on any atom is -0.309 e. The molecule has 57 heavy (non-hydrogen) atoms. The van der Waals surface area contributed by atoms with Crippen LogP contribution in [0.2, 0.25) is 0 Å². The molecule has 0 spiro atoms. The zero-order chi connectivity index (χ0) is 38.1. The van der Waals surface area contributed by atoms with Crippen LogP contribution in [-0.2, 0) is 0 Å². The van der Waals surface area contributed by atoms with Crippen molar-refractivity contribution in [3.8, 4) is 5.69 Å². The van der Waals surface area contributed by atoms with E-state index in [2.05, 4.69) is 253 Å². The lowest BCUT2D eigenvalue weighted by molar-refractivity contribution is 1.18. The Bertz CT molecular complexity index is 2720. The first kappa shape index (κ1) is 34.7. The first-order chi connectivity index (χ1) is 28.3. The molecule has 3 heteroatoms. The molecule has 270 valence electrons. The van der Waals surface area contributed by atoms with Crippen molar-refractivity contribution in [2.24, 2.45) is 0 Å². The lowest BCUT2D eigenvalue weighted by Crippen LogP contribution is -2.76. The Morgan fingerprint density at radius 3 is 0.737 bits per heavy atom. The van der Waals surface area contributed by atoms with Gasteiger partial charge in [0, 0.05) is 16.5 Å². The van der Waals surface area contributed by atoms with Gasteiger partial charge in [0.25, 0.3) is 0 Å². The van der Waals surface area contributed by atoms with Crippen molar-refractivity contribution >= 4 is 79.4 Å². The molecule has 0 radical (unpaired) electrons.